The van der Waals surface area contributed by atoms with Gasteiger partial charge in [-0.25, -0.2) is 0 Å². The summed E-state index contributed by atoms with van der Waals surface area (Å²) in [4.78, 5) is 0. The summed E-state index contributed by atoms with van der Waals surface area (Å²) in [7, 11) is 2.02. The molecule has 1 unspecified atom stereocenters. The van der Waals surface area contributed by atoms with E-state index in [0.717, 1.165) is 19.4 Å². The third-order valence-corrected chi connectivity index (χ3v) is 3.11. The molecule has 0 aromatic carbocycles. The van der Waals surface area contributed by atoms with Crippen molar-refractivity contribution in [3.8, 4) is 0 Å². The quantitative estimate of drug-likeness (QED) is 0.803. The van der Waals surface area contributed by atoms with Crippen molar-refractivity contribution in [3.05, 3.63) is 17.5 Å². The lowest BCUT2D eigenvalue weighted by molar-refractivity contribution is 0.383. The van der Waals surface area contributed by atoms with E-state index in [0.29, 0.717) is 11.8 Å². The first-order valence-electron chi connectivity index (χ1n) is 5.80. The fourth-order valence-electron chi connectivity index (χ4n) is 1.80. The first-order valence-corrected chi connectivity index (χ1v) is 5.80. The van der Waals surface area contributed by atoms with Gasteiger partial charge < -0.3 is 5.73 Å². The lowest BCUT2D eigenvalue weighted by atomic mass is 9.91. The molecule has 0 saturated heterocycles. The van der Waals surface area contributed by atoms with E-state index in [2.05, 4.69) is 31.9 Å². The topological polar surface area (TPSA) is 43.8 Å². The van der Waals surface area contributed by atoms with Crippen molar-refractivity contribution in [2.45, 2.75) is 33.6 Å². The number of hydrogen-bond donors (Lipinski definition) is 1. The Morgan fingerprint density at radius 1 is 1.47 bits per heavy atom. The van der Waals surface area contributed by atoms with Crippen LogP contribution in [0.15, 0.2) is 6.07 Å². The summed E-state index contributed by atoms with van der Waals surface area (Å²) in [6.07, 6.45) is 2.04. The van der Waals surface area contributed by atoms with Crippen LogP contribution >= 0.6 is 0 Å². The van der Waals surface area contributed by atoms with Gasteiger partial charge in [-0.1, -0.05) is 20.8 Å². The van der Waals surface area contributed by atoms with Crippen LogP contribution in [0.4, 0.5) is 0 Å². The van der Waals surface area contributed by atoms with Crippen LogP contribution in [0.1, 0.15) is 32.2 Å². The van der Waals surface area contributed by atoms with Crippen LogP contribution in [0.3, 0.4) is 0 Å². The molecule has 0 amide bonds. The van der Waals surface area contributed by atoms with E-state index in [1.165, 1.54) is 11.4 Å². The van der Waals surface area contributed by atoms with Crippen molar-refractivity contribution < 1.29 is 0 Å². The summed E-state index contributed by atoms with van der Waals surface area (Å²) in [6, 6.07) is 2.20. The van der Waals surface area contributed by atoms with Crippen molar-refractivity contribution in [2.75, 3.05) is 6.54 Å². The summed E-state index contributed by atoms with van der Waals surface area (Å²) < 4.78 is 1.99. The minimum Gasteiger partial charge on any atom is -0.330 e. The first kappa shape index (κ1) is 12.2. The largest absolute Gasteiger partial charge is 0.330 e. The highest BCUT2D eigenvalue weighted by Gasteiger charge is 2.14. The van der Waals surface area contributed by atoms with Crippen molar-refractivity contribution in [1.82, 2.24) is 9.78 Å². The SMILES string of the molecule is CCc1cc(CC(CN)C(C)C)n(C)n1. The summed E-state index contributed by atoms with van der Waals surface area (Å²) >= 11 is 0. The Kier molecular flexibility index (Phi) is 4.33. The number of hydrogen-bond acceptors (Lipinski definition) is 2. The van der Waals surface area contributed by atoms with E-state index in [-0.39, 0.29) is 0 Å². The Morgan fingerprint density at radius 2 is 2.13 bits per heavy atom. The smallest absolute Gasteiger partial charge is 0.0624 e. The summed E-state index contributed by atoms with van der Waals surface area (Å²) in [5, 5.41) is 4.45. The third kappa shape index (κ3) is 3.06. The zero-order chi connectivity index (χ0) is 11.4. The number of rotatable bonds is 5. The second-order valence-corrected chi connectivity index (χ2v) is 4.55. The van der Waals surface area contributed by atoms with E-state index in [1.54, 1.807) is 0 Å². The Bertz CT molecular complexity index is 302. The molecule has 1 aromatic heterocycles. The van der Waals surface area contributed by atoms with E-state index in [4.69, 9.17) is 5.73 Å². The lowest BCUT2D eigenvalue weighted by Crippen LogP contribution is -2.23. The average Bonchev–Trinajstić information content (AvgIpc) is 2.55. The summed E-state index contributed by atoms with van der Waals surface area (Å²) in [6.45, 7) is 7.35. The predicted octanol–water partition coefficient (Wildman–Crippen LogP) is 1.76. The summed E-state index contributed by atoms with van der Waals surface area (Å²) in [5.74, 6) is 1.19. The molecule has 0 spiro atoms. The molecule has 2 N–H and O–H groups in total. The molecular weight excluding hydrogens is 186 g/mol. The monoisotopic (exact) mass is 209 g/mol. The highest BCUT2D eigenvalue weighted by atomic mass is 15.3. The Morgan fingerprint density at radius 3 is 2.53 bits per heavy atom. The second kappa shape index (κ2) is 5.31. The molecule has 0 fully saturated rings. The van der Waals surface area contributed by atoms with Crippen LogP contribution in [0.25, 0.3) is 0 Å². The van der Waals surface area contributed by atoms with E-state index >= 15 is 0 Å². The van der Waals surface area contributed by atoms with Gasteiger partial charge in [-0.3, -0.25) is 4.68 Å². The van der Waals surface area contributed by atoms with Crippen LogP contribution in [-0.2, 0) is 19.9 Å². The maximum absolute atomic E-state index is 5.78. The molecule has 0 aliphatic carbocycles. The van der Waals surface area contributed by atoms with Crippen LogP contribution in [0, 0.1) is 11.8 Å². The number of aromatic nitrogens is 2. The second-order valence-electron chi connectivity index (χ2n) is 4.55. The van der Waals surface area contributed by atoms with Crippen molar-refractivity contribution in [1.29, 1.82) is 0 Å². The number of aryl methyl sites for hydroxylation is 2. The van der Waals surface area contributed by atoms with Gasteiger partial charge in [0, 0.05) is 12.7 Å². The Balaban J connectivity index is 2.74. The van der Waals surface area contributed by atoms with Gasteiger partial charge in [0.05, 0.1) is 5.69 Å². The predicted molar refractivity (Wildman–Crippen MR) is 63.7 cm³/mol. The maximum atomic E-state index is 5.78. The zero-order valence-corrected chi connectivity index (χ0v) is 10.3. The molecule has 1 atom stereocenters. The fraction of sp³-hybridized carbons (Fsp3) is 0.750. The van der Waals surface area contributed by atoms with Gasteiger partial charge in [0.2, 0.25) is 0 Å². The molecule has 1 heterocycles. The molecule has 0 bridgehead atoms. The van der Waals surface area contributed by atoms with E-state index < -0.39 is 0 Å². The van der Waals surface area contributed by atoms with Crippen molar-refractivity contribution in [3.63, 3.8) is 0 Å². The van der Waals surface area contributed by atoms with Gasteiger partial charge in [0.25, 0.3) is 0 Å². The first-order chi connectivity index (χ1) is 7.08. The highest BCUT2D eigenvalue weighted by Crippen LogP contribution is 2.16. The van der Waals surface area contributed by atoms with Gasteiger partial charge in [-0.2, -0.15) is 5.10 Å². The van der Waals surface area contributed by atoms with Crippen LogP contribution in [0.2, 0.25) is 0 Å². The molecule has 15 heavy (non-hydrogen) atoms. The number of nitrogens with two attached hydrogens (primary N) is 1. The molecule has 0 aliphatic heterocycles. The Hall–Kier alpha value is -0.830. The average molecular weight is 209 g/mol. The lowest BCUT2D eigenvalue weighted by Gasteiger charge is -2.18. The molecule has 1 aromatic rings. The van der Waals surface area contributed by atoms with Gasteiger partial charge in [0.15, 0.2) is 0 Å². The van der Waals surface area contributed by atoms with E-state index in [1.807, 2.05) is 11.7 Å². The summed E-state index contributed by atoms with van der Waals surface area (Å²) in [5.41, 5.74) is 8.26. The minimum absolute atomic E-state index is 0.560. The molecule has 0 saturated carbocycles. The highest BCUT2D eigenvalue weighted by molar-refractivity contribution is 5.11. The Labute approximate surface area is 92.7 Å². The van der Waals surface area contributed by atoms with Crippen molar-refractivity contribution in [2.24, 2.45) is 24.6 Å². The maximum Gasteiger partial charge on any atom is 0.0624 e. The minimum atomic E-state index is 0.560. The molecule has 3 heteroatoms. The van der Waals surface area contributed by atoms with Gasteiger partial charge in [0.1, 0.15) is 0 Å². The zero-order valence-electron chi connectivity index (χ0n) is 10.3. The fourth-order valence-corrected chi connectivity index (χ4v) is 1.80. The van der Waals surface area contributed by atoms with Crippen LogP contribution in [0.5, 0.6) is 0 Å². The van der Waals surface area contributed by atoms with Gasteiger partial charge in [-0.05, 0) is 37.3 Å². The molecule has 3 nitrogen and oxygen atoms in total. The van der Waals surface area contributed by atoms with Crippen molar-refractivity contribution >= 4 is 0 Å². The molecular formula is C12H23N3. The van der Waals surface area contributed by atoms with Crippen LogP contribution in [-0.4, -0.2) is 16.3 Å². The normalized spacial score (nSPS) is 13.5. The molecule has 0 aliphatic rings. The molecule has 1 rings (SSSR count). The van der Waals surface area contributed by atoms with Gasteiger partial charge in [-0.15, -0.1) is 0 Å². The number of nitrogens with zero attached hydrogens (tertiary/aromatic N) is 2. The third-order valence-electron chi connectivity index (χ3n) is 3.11. The standard InChI is InChI=1S/C12H23N3/c1-5-11-7-12(15(4)14-11)6-10(8-13)9(2)3/h7,9-10H,5-6,8,13H2,1-4H3. The van der Waals surface area contributed by atoms with E-state index in [9.17, 15) is 0 Å². The van der Waals surface area contributed by atoms with Crippen LogP contribution < -0.4 is 5.73 Å². The van der Waals surface area contributed by atoms with Gasteiger partial charge >= 0.3 is 0 Å². The molecule has 0 radical (unpaired) electrons. The molecule has 86 valence electrons.